The summed E-state index contributed by atoms with van der Waals surface area (Å²) >= 11 is 11.8. The Hall–Kier alpha value is -1.03. The van der Waals surface area contributed by atoms with E-state index in [2.05, 4.69) is 5.32 Å². The van der Waals surface area contributed by atoms with Gasteiger partial charge >= 0.3 is 0 Å². The second-order valence-electron chi connectivity index (χ2n) is 5.04. The second kappa shape index (κ2) is 6.94. The zero-order valence-corrected chi connectivity index (χ0v) is 12.4. The molecule has 1 aromatic rings. The van der Waals surface area contributed by atoms with Gasteiger partial charge in [-0.05, 0) is 23.8 Å². The van der Waals surface area contributed by atoms with Crippen molar-refractivity contribution in [2.24, 2.45) is 5.41 Å². The van der Waals surface area contributed by atoms with Gasteiger partial charge in [0.2, 0.25) is 5.91 Å². The number of amides is 1. The Morgan fingerprint density at radius 2 is 2.11 bits per heavy atom. The minimum atomic E-state index is -0.332. The smallest absolute Gasteiger partial charge is 0.244 e. The van der Waals surface area contributed by atoms with Gasteiger partial charge in [0.15, 0.2) is 0 Å². The van der Waals surface area contributed by atoms with E-state index < -0.39 is 0 Å². The third kappa shape index (κ3) is 5.64. The first-order chi connectivity index (χ1) is 8.84. The normalized spacial score (nSPS) is 11.8. The van der Waals surface area contributed by atoms with Crippen LogP contribution >= 0.6 is 23.2 Å². The van der Waals surface area contributed by atoms with Crippen LogP contribution in [0.5, 0.6) is 0 Å². The molecule has 104 valence electrons. The van der Waals surface area contributed by atoms with Gasteiger partial charge in [-0.15, -0.1) is 0 Å². The van der Waals surface area contributed by atoms with E-state index in [1.165, 1.54) is 6.08 Å². The summed E-state index contributed by atoms with van der Waals surface area (Å²) in [6.45, 7) is 4.15. The van der Waals surface area contributed by atoms with Crippen LogP contribution in [0.25, 0.3) is 6.08 Å². The molecule has 0 aliphatic heterocycles. The van der Waals surface area contributed by atoms with Crippen LogP contribution in [0.1, 0.15) is 19.4 Å². The molecule has 0 atom stereocenters. The van der Waals surface area contributed by atoms with E-state index in [-0.39, 0.29) is 17.9 Å². The molecule has 0 saturated carbocycles. The lowest BCUT2D eigenvalue weighted by atomic mass is 9.95. The summed E-state index contributed by atoms with van der Waals surface area (Å²) in [7, 11) is 0. The van der Waals surface area contributed by atoms with Gasteiger partial charge in [-0.1, -0.05) is 43.1 Å². The third-order valence-electron chi connectivity index (χ3n) is 2.55. The number of nitrogens with one attached hydrogen (secondary N) is 1. The monoisotopic (exact) mass is 301 g/mol. The molecule has 0 aliphatic rings. The predicted octanol–water partition coefficient (Wildman–Crippen LogP) is 3.14. The number of rotatable bonds is 5. The number of hydrogen-bond donors (Lipinski definition) is 2. The molecule has 19 heavy (non-hydrogen) atoms. The van der Waals surface area contributed by atoms with Gasteiger partial charge in [0.1, 0.15) is 0 Å². The van der Waals surface area contributed by atoms with Gasteiger partial charge in [-0.2, -0.15) is 0 Å². The Morgan fingerprint density at radius 1 is 1.42 bits per heavy atom. The number of carbonyl (C=O) groups is 1. The maximum Gasteiger partial charge on any atom is 0.244 e. The van der Waals surface area contributed by atoms with Crippen LogP contribution in [0.2, 0.25) is 10.0 Å². The van der Waals surface area contributed by atoms with Gasteiger partial charge in [0.05, 0.1) is 0 Å². The molecular formula is C14H17Cl2NO2. The van der Waals surface area contributed by atoms with Gasteiger partial charge < -0.3 is 10.4 Å². The summed E-state index contributed by atoms with van der Waals surface area (Å²) in [4.78, 5) is 11.6. The molecule has 0 unspecified atom stereocenters. The Bertz CT molecular complexity index is 484. The molecule has 1 amide bonds. The Kier molecular flexibility index (Phi) is 5.85. The molecule has 1 rings (SSSR count). The molecule has 0 fully saturated rings. The van der Waals surface area contributed by atoms with E-state index >= 15 is 0 Å². The number of aliphatic hydroxyl groups is 1. The van der Waals surface area contributed by atoms with Crippen molar-refractivity contribution in [3.63, 3.8) is 0 Å². The van der Waals surface area contributed by atoms with Crippen LogP contribution in [0, 0.1) is 5.41 Å². The van der Waals surface area contributed by atoms with Crippen molar-refractivity contribution in [2.45, 2.75) is 13.8 Å². The molecule has 0 heterocycles. The number of aliphatic hydroxyl groups excluding tert-OH is 1. The van der Waals surface area contributed by atoms with E-state index in [4.69, 9.17) is 28.3 Å². The molecule has 0 aromatic heterocycles. The molecule has 0 radical (unpaired) electrons. The number of benzene rings is 1. The molecule has 0 saturated heterocycles. The number of halogens is 2. The van der Waals surface area contributed by atoms with Crippen molar-refractivity contribution in [1.82, 2.24) is 5.32 Å². The molecule has 5 heteroatoms. The zero-order chi connectivity index (χ0) is 14.5. The Labute approximate surface area is 123 Å². The van der Waals surface area contributed by atoms with Gasteiger partial charge in [0, 0.05) is 34.7 Å². The molecule has 0 spiro atoms. The fraction of sp³-hybridized carbons (Fsp3) is 0.357. The lowest BCUT2D eigenvalue weighted by molar-refractivity contribution is -0.116. The first kappa shape index (κ1) is 16.0. The highest BCUT2D eigenvalue weighted by Gasteiger charge is 2.16. The van der Waals surface area contributed by atoms with Crippen LogP contribution in [-0.2, 0) is 4.79 Å². The topological polar surface area (TPSA) is 49.3 Å². The minimum absolute atomic E-state index is 0.0139. The Morgan fingerprint density at radius 3 is 2.68 bits per heavy atom. The van der Waals surface area contributed by atoms with E-state index in [1.54, 1.807) is 24.3 Å². The predicted molar refractivity (Wildman–Crippen MR) is 79.4 cm³/mol. The highest BCUT2D eigenvalue weighted by molar-refractivity contribution is 6.35. The molecule has 1 aromatic carbocycles. The average molecular weight is 302 g/mol. The van der Waals surface area contributed by atoms with E-state index in [0.717, 1.165) is 5.56 Å². The fourth-order valence-electron chi connectivity index (χ4n) is 1.24. The van der Waals surface area contributed by atoms with Gasteiger partial charge in [-0.25, -0.2) is 0 Å². The molecule has 2 N–H and O–H groups in total. The standard InChI is InChI=1S/C14H17Cl2NO2/c1-14(2,9-18)8-17-13(19)6-4-10-3-5-11(15)7-12(10)16/h3-7,18H,8-9H2,1-2H3,(H,17,19)/b6-4+. The summed E-state index contributed by atoms with van der Waals surface area (Å²) in [5.74, 6) is -0.229. The minimum Gasteiger partial charge on any atom is -0.396 e. The quantitative estimate of drug-likeness (QED) is 0.821. The lowest BCUT2D eigenvalue weighted by Crippen LogP contribution is -2.35. The highest BCUT2D eigenvalue weighted by Crippen LogP contribution is 2.21. The second-order valence-corrected chi connectivity index (χ2v) is 5.88. The van der Waals surface area contributed by atoms with Crippen LogP contribution in [0.3, 0.4) is 0 Å². The zero-order valence-electron chi connectivity index (χ0n) is 10.9. The van der Waals surface area contributed by atoms with E-state index in [9.17, 15) is 4.79 Å². The summed E-state index contributed by atoms with van der Waals surface area (Å²) < 4.78 is 0. The summed E-state index contributed by atoms with van der Waals surface area (Å²) in [5, 5.41) is 12.8. The van der Waals surface area contributed by atoms with Crippen molar-refractivity contribution >= 4 is 35.2 Å². The van der Waals surface area contributed by atoms with Crippen LogP contribution < -0.4 is 5.32 Å². The maximum absolute atomic E-state index is 11.6. The van der Waals surface area contributed by atoms with Gasteiger partial charge in [-0.3, -0.25) is 4.79 Å². The molecule has 0 aliphatic carbocycles. The van der Waals surface area contributed by atoms with Crippen LogP contribution in [0.15, 0.2) is 24.3 Å². The van der Waals surface area contributed by atoms with E-state index in [0.29, 0.717) is 16.6 Å². The lowest BCUT2D eigenvalue weighted by Gasteiger charge is -2.21. The van der Waals surface area contributed by atoms with Crippen LogP contribution in [-0.4, -0.2) is 24.2 Å². The van der Waals surface area contributed by atoms with Crippen molar-refractivity contribution in [3.8, 4) is 0 Å². The fourth-order valence-corrected chi connectivity index (χ4v) is 1.71. The summed E-state index contributed by atoms with van der Waals surface area (Å²) in [6.07, 6.45) is 3.03. The average Bonchev–Trinajstić information content (AvgIpc) is 2.35. The number of carbonyl (C=O) groups excluding carboxylic acids is 1. The highest BCUT2D eigenvalue weighted by atomic mass is 35.5. The summed E-state index contributed by atoms with van der Waals surface area (Å²) in [5.41, 5.74) is 0.393. The molecular weight excluding hydrogens is 285 g/mol. The van der Waals surface area contributed by atoms with Crippen molar-refractivity contribution in [3.05, 3.63) is 39.9 Å². The first-order valence-electron chi connectivity index (χ1n) is 5.86. The number of hydrogen-bond acceptors (Lipinski definition) is 2. The SMILES string of the molecule is CC(C)(CO)CNC(=O)/C=C/c1ccc(Cl)cc1Cl. The van der Waals surface area contributed by atoms with E-state index in [1.807, 2.05) is 13.8 Å². The Balaban J connectivity index is 2.59. The molecule has 0 bridgehead atoms. The van der Waals surface area contributed by atoms with Crippen LogP contribution in [0.4, 0.5) is 0 Å². The van der Waals surface area contributed by atoms with Crippen molar-refractivity contribution in [1.29, 1.82) is 0 Å². The van der Waals surface area contributed by atoms with Crippen molar-refractivity contribution < 1.29 is 9.90 Å². The third-order valence-corrected chi connectivity index (χ3v) is 3.11. The van der Waals surface area contributed by atoms with Crippen molar-refractivity contribution in [2.75, 3.05) is 13.2 Å². The molecule has 3 nitrogen and oxygen atoms in total. The first-order valence-corrected chi connectivity index (χ1v) is 6.61. The summed E-state index contributed by atoms with van der Waals surface area (Å²) in [6, 6.07) is 5.07. The largest absolute Gasteiger partial charge is 0.396 e. The maximum atomic E-state index is 11.6. The van der Waals surface area contributed by atoms with Gasteiger partial charge in [0.25, 0.3) is 0 Å².